The highest BCUT2D eigenvalue weighted by atomic mass is 19.1. The lowest BCUT2D eigenvalue weighted by Gasteiger charge is -2.23. The molecule has 0 aromatic heterocycles. The summed E-state index contributed by atoms with van der Waals surface area (Å²) in [5.41, 5.74) is 9.06. The highest BCUT2D eigenvalue weighted by Crippen LogP contribution is 2.17. The van der Waals surface area contributed by atoms with Gasteiger partial charge < -0.3 is 10.6 Å². The molecule has 0 amide bonds. The lowest BCUT2D eigenvalue weighted by Crippen LogP contribution is -2.24. The average Bonchev–Trinajstić information content (AvgIpc) is 2.47. The van der Waals surface area contributed by atoms with E-state index in [1.165, 1.54) is 17.7 Å². The number of halogens is 1. The molecule has 0 bridgehead atoms. The molecule has 2 N–H and O–H groups in total. The van der Waals surface area contributed by atoms with Gasteiger partial charge in [-0.1, -0.05) is 18.2 Å². The van der Waals surface area contributed by atoms with Crippen LogP contribution in [0.2, 0.25) is 0 Å². The van der Waals surface area contributed by atoms with Gasteiger partial charge in [0, 0.05) is 24.5 Å². The standard InChI is InChI=1S/C17H21FN2/c1-2-20(16-11-9-15(18)10-12-16)13-5-7-14-6-3-4-8-17(14)19/h3-4,6,8-12H,2,5,7,13,19H2,1H3. The van der Waals surface area contributed by atoms with Crippen LogP contribution in [-0.2, 0) is 6.42 Å². The van der Waals surface area contributed by atoms with E-state index >= 15 is 0 Å². The molecular formula is C17H21FN2. The summed E-state index contributed by atoms with van der Waals surface area (Å²) < 4.78 is 12.9. The van der Waals surface area contributed by atoms with Gasteiger partial charge in [0.2, 0.25) is 0 Å². The fraction of sp³-hybridized carbons (Fsp3) is 0.294. The normalized spacial score (nSPS) is 10.5. The summed E-state index contributed by atoms with van der Waals surface area (Å²) in [6, 6.07) is 14.7. The van der Waals surface area contributed by atoms with Gasteiger partial charge in [-0.2, -0.15) is 0 Å². The summed E-state index contributed by atoms with van der Waals surface area (Å²) in [5.74, 6) is -0.193. The van der Waals surface area contributed by atoms with E-state index in [1.54, 1.807) is 0 Å². The molecule has 2 aromatic carbocycles. The fourth-order valence-corrected chi connectivity index (χ4v) is 2.34. The van der Waals surface area contributed by atoms with Crippen LogP contribution >= 0.6 is 0 Å². The van der Waals surface area contributed by atoms with Gasteiger partial charge in [-0.3, -0.25) is 0 Å². The Balaban J connectivity index is 1.91. The predicted molar refractivity (Wildman–Crippen MR) is 83.5 cm³/mol. The molecule has 0 heterocycles. The van der Waals surface area contributed by atoms with Crippen molar-refractivity contribution >= 4 is 11.4 Å². The Hall–Kier alpha value is -2.03. The average molecular weight is 272 g/mol. The van der Waals surface area contributed by atoms with Crippen LogP contribution in [0.3, 0.4) is 0 Å². The van der Waals surface area contributed by atoms with Gasteiger partial charge in [0.05, 0.1) is 0 Å². The second-order valence-corrected chi connectivity index (χ2v) is 4.86. The Bertz CT molecular complexity index is 537. The van der Waals surface area contributed by atoms with Crippen molar-refractivity contribution in [3.8, 4) is 0 Å². The summed E-state index contributed by atoms with van der Waals surface area (Å²) in [7, 11) is 0. The largest absolute Gasteiger partial charge is 0.399 e. The summed E-state index contributed by atoms with van der Waals surface area (Å²) in [4.78, 5) is 2.25. The van der Waals surface area contributed by atoms with Crippen LogP contribution in [0.1, 0.15) is 18.9 Å². The summed E-state index contributed by atoms with van der Waals surface area (Å²) in [6.07, 6.45) is 1.99. The van der Waals surface area contributed by atoms with E-state index in [9.17, 15) is 4.39 Å². The molecule has 0 aliphatic heterocycles. The molecule has 0 radical (unpaired) electrons. The Morgan fingerprint density at radius 2 is 1.75 bits per heavy atom. The maximum absolute atomic E-state index is 12.9. The molecule has 0 unspecified atom stereocenters. The summed E-state index contributed by atoms with van der Waals surface area (Å²) in [6.45, 7) is 3.96. The van der Waals surface area contributed by atoms with E-state index in [4.69, 9.17) is 5.73 Å². The lowest BCUT2D eigenvalue weighted by molar-refractivity contribution is 0.627. The van der Waals surface area contributed by atoms with Crippen molar-refractivity contribution in [3.63, 3.8) is 0 Å². The van der Waals surface area contributed by atoms with E-state index < -0.39 is 0 Å². The highest BCUT2D eigenvalue weighted by Gasteiger charge is 2.05. The van der Waals surface area contributed by atoms with Crippen molar-refractivity contribution in [1.29, 1.82) is 0 Å². The van der Waals surface area contributed by atoms with Gasteiger partial charge >= 0.3 is 0 Å². The third-order valence-corrected chi connectivity index (χ3v) is 3.50. The van der Waals surface area contributed by atoms with Crippen molar-refractivity contribution in [2.24, 2.45) is 0 Å². The van der Waals surface area contributed by atoms with Crippen molar-refractivity contribution < 1.29 is 4.39 Å². The zero-order chi connectivity index (χ0) is 14.4. The number of nitrogen functional groups attached to an aromatic ring is 1. The SMILES string of the molecule is CCN(CCCc1ccccc1N)c1ccc(F)cc1. The van der Waals surface area contributed by atoms with E-state index in [0.29, 0.717) is 0 Å². The Kier molecular flexibility index (Phi) is 4.99. The monoisotopic (exact) mass is 272 g/mol. The predicted octanol–water partition coefficient (Wildman–Crippen LogP) is 3.87. The number of nitrogens with zero attached hydrogens (tertiary/aromatic N) is 1. The molecule has 3 heteroatoms. The van der Waals surface area contributed by atoms with Crippen LogP contribution in [0.15, 0.2) is 48.5 Å². The Morgan fingerprint density at radius 3 is 2.40 bits per heavy atom. The van der Waals surface area contributed by atoms with Crippen LogP contribution < -0.4 is 10.6 Å². The van der Waals surface area contributed by atoms with Gasteiger partial charge in [-0.05, 0) is 55.7 Å². The number of anilines is 2. The zero-order valence-corrected chi connectivity index (χ0v) is 11.8. The number of nitrogens with two attached hydrogens (primary N) is 1. The number of hydrogen-bond donors (Lipinski definition) is 1. The fourth-order valence-electron chi connectivity index (χ4n) is 2.34. The van der Waals surface area contributed by atoms with Gasteiger partial charge in [0.15, 0.2) is 0 Å². The van der Waals surface area contributed by atoms with Gasteiger partial charge in [0.25, 0.3) is 0 Å². The first-order chi connectivity index (χ1) is 9.70. The van der Waals surface area contributed by atoms with Gasteiger partial charge in [-0.15, -0.1) is 0 Å². The van der Waals surface area contributed by atoms with Gasteiger partial charge in [0.1, 0.15) is 5.82 Å². The molecule has 0 spiro atoms. The molecule has 0 aliphatic carbocycles. The van der Waals surface area contributed by atoms with E-state index in [1.807, 2.05) is 30.3 Å². The number of rotatable bonds is 6. The van der Waals surface area contributed by atoms with Crippen LogP contribution in [0.25, 0.3) is 0 Å². The van der Waals surface area contributed by atoms with Crippen LogP contribution in [0.4, 0.5) is 15.8 Å². The number of para-hydroxylation sites is 1. The van der Waals surface area contributed by atoms with Crippen LogP contribution in [-0.4, -0.2) is 13.1 Å². The maximum Gasteiger partial charge on any atom is 0.123 e. The molecule has 2 rings (SSSR count). The minimum absolute atomic E-state index is 0.193. The molecule has 0 atom stereocenters. The molecule has 2 nitrogen and oxygen atoms in total. The first-order valence-corrected chi connectivity index (χ1v) is 7.04. The molecule has 20 heavy (non-hydrogen) atoms. The molecule has 106 valence electrons. The first-order valence-electron chi connectivity index (χ1n) is 7.04. The highest BCUT2D eigenvalue weighted by molar-refractivity contribution is 5.47. The third-order valence-electron chi connectivity index (χ3n) is 3.50. The molecule has 0 aliphatic rings. The molecule has 0 saturated carbocycles. The van der Waals surface area contributed by atoms with Crippen molar-refractivity contribution in [3.05, 3.63) is 59.9 Å². The van der Waals surface area contributed by atoms with Crippen molar-refractivity contribution in [1.82, 2.24) is 0 Å². The smallest absolute Gasteiger partial charge is 0.123 e. The van der Waals surface area contributed by atoms with E-state index in [0.717, 1.165) is 37.3 Å². The third kappa shape index (κ3) is 3.73. The minimum atomic E-state index is -0.193. The van der Waals surface area contributed by atoms with Crippen molar-refractivity contribution in [2.45, 2.75) is 19.8 Å². The molecular weight excluding hydrogens is 251 g/mol. The number of hydrogen-bond acceptors (Lipinski definition) is 2. The minimum Gasteiger partial charge on any atom is -0.399 e. The maximum atomic E-state index is 12.9. The molecule has 0 saturated heterocycles. The second kappa shape index (κ2) is 6.94. The molecule has 0 fully saturated rings. The molecule has 2 aromatic rings. The Labute approximate surface area is 120 Å². The van der Waals surface area contributed by atoms with E-state index in [-0.39, 0.29) is 5.82 Å². The first kappa shape index (κ1) is 14.4. The van der Waals surface area contributed by atoms with Crippen LogP contribution in [0, 0.1) is 5.82 Å². The van der Waals surface area contributed by atoms with Crippen molar-refractivity contribution in [2.75, 3.05) is 23.7 Å². The lowest BCUT2D eigenvalue weighted by atomic mass is 10.1. The second-order valence-electron chi connectivity index (χ2n) is 4.86. The zero-order valence-electron chi connectivity index (χ0n) is 11.8. The number of benzene rings is 2. The van der Waals surface area contributed by atoms with Crippen LogP contribution in [0.5, 0.6) is 0 Å². The number of aryl methyl sites for hydroxylation is 1. The topological polar surface area (TPSA) is 29.3 Å². The van der Waals surface area contributed by atoms with Gasteiger partial charge in [-0.25, -0.2) is 4.39 Å². The summed E-state index contributed by atoms with van der Waals surface area (Å²) >= 11 is 0. The Morgan fingerprint density at radius 1 is 1.05 bits per heavy atom. The quantitative estimate of drug-likeness (QED) is 0.809. The summed E-state index contributed by atoms with van der Waals surface area (Å²) in [5, 5.41) is 0. The van der Waals surface area contributed by atoms with E-state index in [2.05, 4.69) is 17.9 Å².